The highest BCUT2D eigenvalue weighted by Gasteiger charge is 2.19. The summed E-state index contributed by atoms with van der Waals surface area (Å²) in [4.78, 5) is 0. The summed E-state index contributed by atoms with van der Waals surface area (Å²) in [7, 11) is 0. The fourth-order valence-electron chi connectivity index (χ4n) is 1.25. The molecule has 0 saturated heterocycles. The van der Waals surface area contributed by atoms with Gasteiger partial charge in [-0.3, -0.25) is 0 Å². The van der Waals surface area contributed by atoms with Gasteiger partial charge < -0.3 is 10.5 Å². The second-order valence-electron chi connectivity index (χ2n) is 3.28. The van der Waals surface area contributed by atoms with E-state index in [9.17, 15) is 0 Å². The van der Waals surface area contributed by atoms with Gasteiger partial charge in [-0.1, -0.05) is 6.08 Å². The van der Waals surface area contributed by atoms with E-state index in [-0.39, 0.29) is 5.60 Å². The van der Waals surface area contributed by atoms with Gasteiger partial charge in [-0.05, 0) is 38.1 Å². The van der Waals surface area contributed by atoms with E-state index < -0.39 is 0 Å². The fraction of sp³-hybridized carbons (Fsp3) is 0.556. The quantitative estimate of drug-likeness (QED) is 0.620. The minimum atomic E-state index is -0.118. The molecular weight excluding hydrogens is 138 g/mol. The standard InChI is InChI=1S/C9H15NO/c1-9(2)7-8(3-5-10)4-6-11-9/h3,5,7H,4,6,10H2,1-2H3/b5-3+. The van der Waals surface area contributed by atoms with Crippen molar-refractivity contribution < 1.29 is 4.74 Å². The predicted molar refractivity (Wildman–Crippen MR) is 46.1 cm³/mol. The smallest absolute Gasteiger partial charge is 0.0812 e. The third-order valence-corrected chi connectivity index (χ3v) is 1.71. The molecule has 0 aromatic rings. The van der Waals surface area contributed by atoms with Crippen LogP contribution in [0.25, 0.3) is 0 Å². The molecule has 0 atom stereocenters. The van der Waals surface area contributed by atoms with Crippen LogP contribution in [0.2, 0.25) is 0 Å². The molecule has 2 N–H and O–H groups in total. The van der Waals surface area contributed by atoms with Crippen LogP contribution >= 0.6 is 0 Å². The maximum absolute atomic E-state index is 5.49. The number of hydrogen-bond acceptors (Lipinski definition) is 2. The Morgan fingerprint density at radius 3 is 2.91 bits per heavy atom. The number of rotatable bonds is 1. The third-order valence-electron chi connectivity index (χ3n) is 1.71. The van der Waals surface area contributed by atoms with Gasteiger partial charge in [0.05, 0.1) is 12.2 Å². The van der Waals surface area contributed by atoms with Crippen molar-refractivity contribution >= 4 is 0 Å². The molecule has 1 aliphatic heterocycles. The molecule has 0 fully saturated rings. The van der Waals surface area contributed by atoms with Crippen LogP contribution in [0.1, 0.15) is 20.3 Å². The summed E-state index contributed by atoms with van der Waals surface area (Å²) in [6.45, 7) is 4.90. The Bertz CT molecular complexity index is 192. The van der Waals surface area contributed by atoms with Gasteiger partial charge in [0.15, 0.2) is 0 Å². The van der Waals surface area contributed by atoms with Gasteiger partial charge in [-0.25, -0.2) is 0 Å². The van der Waals surface area contributed by atoms with Crippen LogP contribution in [0.5, 0.6) is 0 Å². The average molecular weight is 153 g/mol. The van der Waals surface area contributed by atoms with Crippen LogP contribution in [0.4, 0.5) is 0 Å². The van der Waals surface area contributed by atoms with E-state index in [0.29, 0.717) is 0 Å². The largest absolute Gasteiger partial charge is 0.405 e. The summed E-state index contributed by atoms with van der Waals surface area (Å²) >= 11 is 0. The molecule has 1 rings (SSSR count). The Balaban J connectivity index is 2.73. The van der Waals surface area contributed by atoms with E-state index in [0.717, 1.165) is 13.0 Å². The summed E-state index contributed by atoms with van der Waals surface area (Å²) in [5, 5.41) is 0. The first-order chi connectivity index (χ1) is 5.14. The zero-order valence-corrected chi connectivity index (χ0v) is 7.13. The molecule has 2 heteroatoms. The summed E-state index contributed by atoms with van der Waals surface area (Å²) in [5.41, 5.74) is 6.44. The molecule has 11 heavy (non-hydrogen) atoms. The van der Waals surface area contributed by atoms with Crippen LogP contribution in [-0.4, -0.2) is 12.2 Å². The third kappa shape index (κ3) is 2.39. The molecule has 0 radical (unpaired) electrons. The van der Waals surface area contributed by atoms with Crippen molar-refractivity contribution in [2.24, 2.45) is 5.73 Å². The van der Waals surface area contributed by atoms with Crippen molar-refractivity contribution in [2.45, 2.75) is 25.9 Å². The Labute approximate surface area is 67.7 Å². The number of hydrogen-bond donors (Lipinski definition) is 1. The maximum atomic E-state index is 5.49. The van der Waals surface area contributed by atoms with Gasteiger partial charge in [0.1, 0.15) is 0 Å². The topological polar surface area (TPSA) is 35.2 Å². The Morgan fingerprint density at radius 2 is 2.36 bits per heavy atom. The van der Waals surface area contributed by atoms with Crippen LogP contribution < -0.4 is 5.73 Å². The van der Waals surface area contributed by atoms with E-state index in [2.05, 4.69) is 19.9 Å². The maximum Gasteiger partial charge on any atom is 0.0812 e. The molecule has 1 heterocycles. The van der Waals surface area contributed by atoms with E-state index in [1.165, 1.54) is 5.57 Å². The van der Waals surface area contributed by atoms with Crippen molar-refractivity contribution in [1.29, 1.82) is 0 Å². The second kappa shape index (κ2) is 3.09. The van der Waals surface area contributed by atoms with Crippen LogP contribution in [0.15, 0.2) is 23.9 Å². The molecule has 0 aliphatic carbocycles. The molecule has 0 unspecified atom stereocenters. The van der Waals surface area contributed by atoms with E-state index in [4.69, 9.17) is 10.5 Å². The van der Waals surface area contributed by atoms with Gasteiger partial charge in [0, 0.05) is 0 Å². The highest BCUT2D eigenvalue weighted by Crippen LogP contribution is 2.22. The van der Waals surface area contributed by atoms with Crippen molar-refractivity contribution in [3.63, 3.8) is 0 Å². The van der Waals surface area contributed by atoms with Crippen LogP contribution in [0.3, 0.4) is 0 Å². The average Bonchev–Trinajstić information content (AvgIpc) is 1.85. The highest BCUT2D eigenvalue weighted by atomic mass is 16.5. The van der Waals surface area contributed by atoms with Crippen molar-refractivity contribution in [3.05, 3.63) is 23.9 Å². The monoisotopic (exact) mass is 153 g/mol. The van der Waals surface area contributed by atoms with Crippen LogP contribution in [0, 0.1) is 0 Å². The molecule has 0 spiro atoms. The Kier molecular flexibility index (Phi) is 2.35. The minimum absolute atomic E-state index is 0.118. The van der Waals surface area contributed by atoms with Crippen molar-refractivity contribution in [1.82, 2.24) is 0 Å². The van der Waals surface area contributed by atoms with Crippen molar-refractivity contribution in [2.75, 3.05) is 6.61 Å². The van der Waals surface area contributed by atoms with E-state index >= 15 is 0 Å². The lowest BCUT2D eigenvalue weighted by Gasteiger charge is -2.27. The van der Waals surface area contributed by atoms with Crippen LogP contribution in [-0.2, 0) is 4.74 Å². The zero-order valence-electron chi connectivity index (χ0n) is 7.13. The molecule has 62 valence electrons. The number of nitrogens with two attached hydrogens (primary N) is 1. The zero-order chi connectivity index (χ0) is 8.32. The van der Waals surface area contributed by atoms with E-state index in [1.807, 2.05) is 6.08 Å². The summed E-state index contributed by atoms with van der Waals surface area (Å²) in [6.07, 6.45) is 6.59. The van der Waals surface area contributed by atoms with Gasteiger partial charge in [-0.2, -0.15) is 0 Å². The first-order valence-corrected chi connectivity index (χ1v) is 3.88. The molecule has 1 aliphatic rings. The molecular formula is C9H15NO. The predicted octanol–water partition coefficient (Wildman–Crippen LogP) is 1.58. The summed E-state index contributed by atoms with van der Waals surface area (Å²) in [5.74, 6) is 0. The first-order valence-electron chi connectivity index (χ1n) is 3.88. The molecule has 0 aromatic heterocycles. The number of allylic oxidation sites excluding steroid dienone is 1. The summed E-state index contributed by atoms with van der Waals surface area (Å²) < 4.78 is 5.49. The lowest BCUT2D eigenvalue weighted by molar-refractivity contribution is 0.0122. The minimum Gasteiger partial charge on any atom is -0.405 e. The highest BCUT2D eigenvalue weighted by molar-refractivity contribution is 5.23. The van der Waals surface area contributed by atoms with Gasteiger partial charge in [-0.15, -0.1) is 0 Å². The van der Waals surface area contributed by atoms with Gasteiger partial charge in [0.2, 0.25) is 0 Å². The lowest BCUT2D eigenvalue weighted by atomic mass is 10.00. The molecule has 0 amide bonds. The number of ether oxygens (including phenoxy) is 1. The SMILES string of the molecule is CC1(C)C=C(/C=C/N)CCO1. The fourth-order valence-corrected chi connectivity index (χ4v) is 1.25. The summed E-state index contributed by atoms with van der Waals surface area (Å²) in [6, 6.07) is 0. The van der Waals surface area contributed by atoms with E-state index in [1.54, 1.807) is 6.20 Å². The normalized spacial score (nSPS) is 23.6. The Morgan fingerprint density at radius 1 is 1.64 bits per heavy atom. The van der Waals surface area contributed by atoms with Gasteiger partial charge >= 0.3 is 0 Å². The molecule has 0 bridgehead atoms. The van der Waals surface area contributed by atoms with Gasteiger partial charge in [0.25, 0.3) is 0 Å². The second-order valence-corrected chi connectivity index (χ2v) is 3.28. The molecule has 2 nitrogen and oxygen atoms in total. The molecule has 0 aromatic carbocycles. The lowest BCUT2D eigenvalue weighted by Crippen LogP contribution is -2.26. The Hall–Kier alpha value is -0.760. The first kappa shape index (κ1) is 8.34. The molecule has 0 saturated carbocycles. The van der Waals surface area contributed by atoms with Crippen molar-refractivity contribution in [3.8, 4) is 0 Å².